The summed E-state index contributed by atoms with van der Waals surface area (Å²) in [6, 6.07) is 0. The maximum absolute atomic E-state index is 0. The van der Waals surface area contributed by atoms with Gasteiger partial charge < -0.3 is 5.48 Å². The molecule has 1 nitrogen and oxygen atoms in total. The van der Waals surface area contributed by atoms with Gasteiger partial charge in [-0.25, -0.2) is 0 Å². The first-order valence-electron chi connectivity index (χ1n) is 0. The van der Waals surface area contributed by atoms with E-state index in [1.165, 1.54) is 0 Å². The molecule has 4 heteroatoms. The van der Waals surface area contributed by atoms with E-state index in [1.807, 2.05) is 0 Å². The summed E-state index contributed by atoms with van der Waals surface area (Å²) in [4.78, 5) is 0. The van der Waals surface area contributed by atoms with Gasteiger partial charge in [-0.2, -0.15) is 0 Å². The van der Waals surface area contributed by atoms with Crippen LogP contribution in [0.4, 0.5) is 0 Å². The van der Waals surface area contributed by atoms with E-state index in [4.69, 9.17) is 0 Å². The zero-order chi connectivity index (χ0) is 0. The Hall–Kier alpha value is 3.00. The molecule has 17 valence electrons. The number of hydrogen-bond donors (Lipinski definition) is 0. The van der Waals surface area contributed by atoms with Gasteiger partial charge in [0.15, 0.2) is 0 Å². The Morgan fingerprint density at radius 1 is 1.00 bits per heavy atom. The van der Waals surface area contributed by atoms with Crippen LogP contribution in [-0.4, -0.2) is 0 Å². The molecule has 1 radical (unpaired) electrons. The molecule has 0 saturated heterocycles. The maximum Gasteiger partial charge on any atom is 4.00 e. The Balaban J connectivity index is 0. The molecule has 0 amide bonds. The van der Waals surface area contributed by atoms with Crippen LogP contribution in [0, 0.1) is 0 Å². The van der Waals surface area contributed by atoms with Gasteiger partial charge in [0.2, 0.25) is 0 Å². The molecule has 0 saturated carbocycles. The quantitative estimate of drug-likeness (QED) is 0.378. The van der Waals surface area contributed by atoms with Crippen LogP contribution in [-0.2, 0) is 48.7 Å². The average Bonchev–Trinajstić information content (AvgIpc) is 0. The molecule has 0 fully saturated rings. The molecule has 0 rings (SSSR count). The minimum absolute atomic E-state index is 0. The smallest absolute Gasteiger partial charge is 2.00 e. The van der Waals surface area contributed by atoms with Gasteiger partial charge in [0, 0.05) is 0 Å². The third kappa shape index (κ3) is 8.89. The minimum Gasteiger partial charge on any atom is -2.00 e. The van der Waals surface area contributed by atoms with Crippen molar-refractivity contribution >= 4 is 0 Å². The van der Waals surface area contributed by atoms with Crippen molar-refractivity contribution in [3.63, 3.8) is 0 Å². The molecule has 0 aliphatic heterocycles. The third-order valence-corrected chi connectivity index (χ3v) is 0. The molecule has 0 unspecified atom stereocenters. The van der Waals surface area contributed by atoms with Crippen LogP contribution < -0.4 is 51.4 Å². The molecule has 0 aromatic rings. The second-order valence-corrected chi connectivity index (χ2v) is 0. The Labute approximate surface area is 97.6 Å². The van der Waals surface area contributed by atoms with Crippen molar-refractivity contribution in [2.24, 2.45) is 0 Å². The first-order chi connectivity index (χ1) is 0. The summed E-state index contributed by atoms with van der Waals surface area (Å²) in [5.41, 5.74) is 0. The summed E-state index contributed by atoms with van der Waals surface area (Å²) in [5, 5.41) is 0. The topological polar surface area (TPSA) is 28.5 Å². The van der Waals surface area contributed by atoms with Gasteiger partial charge in [-0.15, -0.1) is 0 Å². The molecule has 0 aromatic heterocycles. The van der Waals surface area contributed by atoms with Crippen molar-refractivity contribution in [3.8, 4) is 0 Å². The van der Waals surface area contributed by atoms with E-state index in [2.05, 4.69) is 0 Å². The Morgan fingerprint density at radius 3 is 1.00 bits per heavy atom. The first-order valence-corrected chi connectivity index (χ1v) is 0. The fraction of sp³-hybridized carbons (Fsp3) is 0. The van der Waals surface area contributed by atoms with E-state index in [9.17, 15) is 0 Å². The largest absolute Gasteiger partial charge is 4.00 e. The van der Waals surface area contributed by atoms with Gasteiger partial charge in [0.1, 0.15) is 0 Å². The molecule has 0 aromatic carbocycles. The Kier molecular flexibility index (Phi) is 117. The van der Waals surface area contributed by atoms with Gasteiger partial charge >= 0.3 is 94.7 Å². The normalized spacial score (nSPS) is 0. The SMILES string of the molecule is [Cu+2].[K+].[O-2].[Zr+4]. The fourth-order valence-corrected chi connectivity index (χ4v) is 0. The zero-order valence-corrected chi connectivity index (χ0v) is 8.73. The predicted octanol–water partition coefficient (Wildman–Crippen LogP) is -3.12. The molecule has 0 spiro atoms. The van der Waals surface area contributed by atoms with Crippen molar-refractivity contribution in [2.75, 3.05) is 0 Å². The van der Waals surface area contributed by atoms with Crippen LogP contribution in [0.5, 0.6) is 0 Å². The summed E-state index contributed by atoms with van der Waals surface area (Å²) >= 11 is 0. The molecule has 0 bridgehead atoms. The molecule has 0 aliphatic carbocycles. The van der Waals surface area contributed by atoms with Crippen molar-refractivity contribution in [3.05, 3.63) is 0 Å². The van der Waals surface area contributed by atoms with Gasteiger partial charge in [-0.05, 0) is 0 Å². The Morgan fingerprint density at radius 2 is 1.00 bits per heavy atom. The molecular formula is CuKOZr+5. The van der Waals surface area contributed by atoms with Crippen molar-refractivity contribution in [2.45, 2.75) is 0 Å². The standard InChI is InChI=1S/Cu.K.O.Zr/q+2;+1;-2;+4. The predicted molar refractivity (Wildman–Crippen MR) is 0.686 cm³/mol. The van der Waals surface area contributed by atoms with Crippen LogP contribution in [0.3, 0.4) is 0 Å². The van der Waals surface area contributed by atoms with Crippen molar-refractivity contribution in [1.82, 2.24) is 0 Å². The van der Waals surface area contributed by atoms with Gasteiger partial charge in [-0.3, -0.25) is 0 Å². The molecule has 0 aliphatic rings. The molecule has 0 N–H and O–H groups in total. The van der Waals surface area contributed by atoms with Crippen LogP contribution >= 0.6 is 0 Å². The monoisotopic (exact) mass is 208 g/mol. The summed E-state index contributed by atoms with van der Waals surface area (Å²) in [6.45, 7) is 0. The van der Waals surface area contributed by atoms with E-state index in [-0.39, 0.29) is 100 Å². The fourth-order valence-electron chi connectivity index (χ4n) is 0. The molecular weight excluding hydrogens is 210 g/mol. The van der Waals surface area contributed by atoms with Crippen LogP contribution in [0.15, 0.2) is 0 Å². The third-order valence-electron chi connectivity index (χ3n) is 0. The molecule has 0 heterocycles. The number of rotatable bonds is 0. The first kappa shape index (κ1) is 28.0. The summed E-state index contributed by atoms with van der Waals surface area (Å²) < 4.78 is 0. The zero-order valence-electron chi connectivity index (χ0n) is 2.21. The number of hydrogen-bond acceptors (Lipinski definition) is 0. The van der Waals surface area contributed by atoms with Crippen LogP contribution in [0.25, 0.3) is 0 Å². The molecule has 0 atom stereocenters. The average molecular weight is 210 g/mol. The van der Waals surface area contributed by atoms with Crippen LogP contribution in [0.1, 0.15) is 0 Å². The van der Waals surface area contributed by atoms with Crippen molar-refractivity contribution in [1.29, 1.82) is 0 Å². The second kappa shape index (κ2) is 16.7. The van der Waals surface area contributed by atoms with E-state index in [1.54, 1.807) is 0 Å². The minimum atomic E-state index is 0. The van der Waals surface area contributed by atoms with Gasteiger partial charge in [0.05, 0.1) is 0 Å². The summed E-state index contributed by atoms with van der Waals surface area (Å²) in [5.74, 6) is 0. The summed E-state index contributed by atoms with van der Waals surface area (Å²) in [6.07, 6.45) is 0. The Bertz CT molecular complexity index is 8.00. The van der Waals surface area contributed by atoms with Gasteiger partial charge in [0.25, 0.3) is 0 Å². The molecule has 4 heavy (non-hydrogen) atoms. The van der Waals surface area contributed by atoms with E-state index in [0.717, 1.165) is 0 Å². The maximum atomic E-state index is 0. The summed E-state index contributed by atoms with van der Waals surface area (Å²) in [7, 11) is 0. The van der Waals surface area contributed by atoms with Crippen molar-refractivity contribution < 1.29 is 100 Å². The second-order valence-electron chi connectivity index (χ2n) is 0. The van der Waals surface area contributed by atoms with E-state index >= 15 is 0 Å². The van der Waals surface area contributed by atoms with Gasteiger partial charge in [-0.1, -0.05) is 0 Å². The van der Waals surface area contributed by atoms with E-state index < -0.39 is 0 Å². The van der Waals surface area contributed by atoms with Crippen LogP contribution in [0.2, 0.25) is 0 Å². The van der Waals surface area contributed by atoms with E-state index in [0.29, 0.717) is 0 Å².